The van der Waals surface area contributed by atoms with E-state index in [2.05, 4.69) is 5.10 Å². The summed E-state index contributed by atoms with van der Waals surface area (Å²) in [6.07, 6.45) is -0.126. The van der Waals surface area contributed by atoms with Crippen LogP contribution in [0.1, 0.15) is 20.3 Å². The van der Waals surface area contributed by atoms with Gasteiger partial charge in [-0.25, -0.2) is 5.01 Å². The molecule has 3 N–H and O–H groups in total. The minimum absolute atomic E-state index is 0.0678. The molecule has 0 aromatic rings. The van der Waals surface area contributed by atoms with Crippen LogP contribution in [0.3, 0.4) is 0 Å². The van der Waals surface area contributed by atoms with Gasteiger partial charge in [-0.2, -0.15) is 5.10 Å². The summed E-state index contributed by atoms with van der Waals surface area (Å²) in [7, 11) is 0. The van der Waals surface area contributed by atoms with Gasteiger partial charge in [-0.15, -0.1) is 0 Å². The molecule has 0 aromatic carbocycles. The molecule has 0 atom stereocenters. The molecule has 1 rings (SSSR count). The van der Waals surface area contributed by atoms with Gasteiger partial charge in [-0.05, 0) is 13.8 Å². The number of hydrogen-bond donors (Lipinski definition) is 2. The van der Waals surface area contributed by atoms with E-state index in [4.69, 9.17) is 10.8 Å². The molecule has 0 spiro atoms. The van der Waals surface area contributed by atoms with Crippen LogP contribution in [0, 0.1) is 5.41 Å². The van der Waals surface area contributed by atoms with Gasteiger partial charge in [0.15, 0.2) is 0 Å². The molecule has 1 aliphatic heterocycles. The van der Waals surface area contributed by atoms with Crippen molar-refractivity contribution in [1.29, 1.82) is 0 Å². The van der Waals surface area contributed by atoms with Crippen molar-refractivity contribution < 1.29 is 14.7 Å². The van der Waals surface area contributed by atoms with Crippen LogP contribution in [-0.4, -0.2) is 34.4 Å². The summed E-state index contributed by atoms with van der Waals surface area (Å²) in [5.74, 6) is -0.986. The van der Waals surface area contributed by atoms with Crippen LogP contribution >= 0.6 is 0 Å². The molecule has 0 saturated carbocycles. The molecule has 0 aromatic heterocycles. The molecule has 14 heavy (non-hydrogen) atoms. The molecule has 1 amide bonds. The van der Waals surface area contributed by atoms with Gasteiger partial charge in [-0.3, -0.25) is 9.59 Å². The van der Waals surface area contributed by atoms with Gasteiger partial charge in [0.05, 0.1) is 13.0 Å². The van der Waals surface area contributed by atoms with Gasteiger partial charge >= 0.3 is 5.97 Å². The quantitative estimate of drug-likeness (QED) is 0.646. The zero-order valence-corrected chi connectivity index (χ0v) is 8.15. The average Bonchev–Trinajstić information content (AvgIpc) is 2.26. The van der Waals surface area contributed by atoms with Gasteiger partial charge in [0.25, 0.3) is 5.91 Å². The number of hydrogen-bond acceptors (Lipinski definition) is 4. The van der Waals surface area contributed by atoms with E-state index in [-0.39, 0.29) is 24.7 Å². The third-order valence-corrected chi connectivity index (χ3v) is 2.18. The summed E-state index contributed by atoms with van der Waals surface area (Å²) in [6.45, 7) is 3.39. The lowest BCUT2D eigenvalue weighted by molar-refractivity contribution is -0.139. The first-order chi connectivity index (χ1) is 6.35. The van der Waals surface area contributed by atoms with E-state index >= 15 is 0 Å². The molecular weight excluding hydrogens is 186 g/mol. The molecule has 0 bridgehead atoms. The third kappa shape index (κ3) is 1.68. The highest BCUT2D eigenvalue weighted by Gasteiger charge is 2.41. The zero-order chi connectivity index (χ0) is 10.9. The number of rotatable bonds is 3. The fourth-order valence-electron chi connectivity index (χ4n) is 1.09. The Bertz CT molecular complexity index is 309. The number of hydrazone groups is 1. The highest BCUT2D eigenvalue weighted by atomic mass is 16.4. The number of carboxylic acids is 1. The van der Waals surface area contributed by atoms with E-state index in [0.717, 1.165) is 5.01 Å². The molecule has 0 radical (unpaired) electrons. The van der Waals surface area contributed by atoms with Gasteiger partial charge in [0.1, 0.15) is 11.3 Å². The maximum atomic E-state index is 11.6. The Kier molecular flexibility index (Phi) is 2.46. The molecule has 0 fully saturated rings. The molecule has 6 nitrogen and oxygen atoms in total. The van der Waals surface area contributed by atoms with Crippen molar-refractivity contribution in [3.63, 3.8) is 0 Å². The Morgan fingerprint density at radius 3 is 2.57 bits per heavy atom. The van der Waals surface area contributed by atoms with Gasteiger partial charge in [0.2, 0.25) is 0 Å². The van der Waals surface area contributed by atoms with E-state index in [1.165, 1.54) is 0 Å². The molecule has 78 valence electrons. The van der Waals surface area contributed by atoms with Crippen LogP contribution < -0.4 is 5.73 Å². The van der Waals surface area contributed by atoms with Gasteiger partial charge in [-0.1, -0.05) is 0 Å². The Balaban J connectivity index is 2.67. The smallest absolute Gasteiger partial charge is 0.305 e. The highest BCUT2D eigenvalue weighted by Crippen LogP contribution is 2.25. The SMILES string of the molecule is CC1(C)C(=O)N(CCC(=O)O)N=C1N. The number of carboxylic acid groups (broad SMARTS) is 1. The minimum atomic E-state index is -0.962. The zero-order valence-electron chi connectivity index (χ0n) is 8.15. The van der Waals surface area contributed by atoms with E-state index in [9.17, 15) is 9.59 Å². The second-order valence-corrected chi connectivity index (χ2v) is 3.68. The summed E-state index contributed by atoms with van der Waals surface area (Å²) in [6, 6.07) is 0. The maximum absolute atomic E-state index is 11.6. The first-order valence-corrected chi connectivity index (χ1v) is 4.24. The van der Waals surface area contributed by atoms with E-state index in [1.54, 1.807) is 13.8 Å². The van der Waals surface area contributed by atoms with Gasteiger partial charge < -0.3 is 10.8 Å². The number of amides is 1. The Morgan fingerprint density at radius 1 is 1.64 bits per heavy atom. The van der Waals surface area contributed by atoms with Crippen LogP contribution in [0.2, 0.25) is 0 Å². The monoisotopic (exact) mass is 199 g/mol. The van der Waals surface area contributed by atoms with Crippen LogP contribution in [0.5, 0.6) is 0 Å². The summed E-state index contributed by atoms with van der Waals surface area (Å²) in [5.41, 5.74) is 4.73. The Hall–Kier alpha value is -1.59. The first-order valence-electron chi connectivity index (χ1n) is 4.24. The lowest BCUT2D eigenvalue weighted by Gasteiger charge is -2.16. The molecule has 0 aliphatic carbocycles. The summed E-state index contributed by atoms with van der Waals surface area (Å²) in [5, 5.41) is 13.4. The first kappa shape index (κ1) is 10.5. The van der Waals surface area contributed by atoms with Crippen molar-refractivity contribution in [2.45, 2.75) is 20.3 Å². The summed E-state index contributed by atoms with van der Waals surface area (Å²) in [4.78, 5) is 21.9. The predicted molar refractivity (Wildman–Crippen MR) is 49.4 cm³/mol. The maximum Gasteiger partial charge on any atom is 0.305 e. The summed E-state index contributed by atoms with van der Waals surface area (Å²) < 4.78 is 0. The largest absolute Gasteiger partial charge is 0.481 e. The molecule has 0 unspecified atom stereocenters. The van der Waals surface area contributed by atoms with Gasteiger partial charge in [0, 0.05) is 0 Å². The molecule has 1 heterocycles. The lowest BCUT2D eigenvalue weighted by atomic mass is 9.92. The van der Waals surface area contributed by atoms with Crippen molar-refractivity contribution in [2.75, 3.05) is 6.54 Å². The normalized spacial score (nSPS) is 19.7. The number of carbonyl (C=O) groups is 2. The Labute approximate surface area is 81.4 Å². The second kappa shape index (κ2) is 3.28. The molecule has 1 aliphatic rings. The van der Waals surface area contributed by atoms with E-state index in [1.807, 2.05) is 0 Å². The predicted octanol–water partition coefficient (Wildman–Crippen LogP) is -0.398. The van der Waals surface area contributed by atoms with Crippen LogP contribution in [0.4, 0.5) is 0 Å². The van der Waals surface area contributed by atoms with Crippen LogP contribution in [0.25, 0.3) is 0 Å². The van der Waals surface area contributed by atoms with Crippen molar-refractivity contribution in [3.8, 4) is 0 Å². The van der Waals surface area contributed by atoms with Crippen molar-refractivity contribution in [1.82, 2.24) is 5.01 Å². The summed E-state index contributed by atoms with van der Waals surface area (Å²) >= 11 is 0. The second-order valence-electron chi connectivity index (χ2n) is 3.68. The molecule has 0 saturated heterocycles. The number of amidine groups is 1. The van der Waals surface area contributed by atoms with Crippen LogP contribution in [-0.2, 0) is 9.59 Å². The number of aliphatic carboxylic acids is 1. The minimum Gasteiger partial charge on any atom is -0.481 e. The Morgan fingerprint density at radius 2 is 2.21 bits per heavy atom. The molecular formula is C8H13N3O3. The number of nitrogens with zero attached hydrogens (tertiary/aromatic N) is 2. The topological polar surface area (TPSA) is 96.0 Å². The number of nitrogens with two attached hydrogens (primary N) is 1. The third-order valence-electron chi connectivity index (χ3n) is 2.18. The van der Waals surface area contributed by atoms with E-state index < -0.39 is 11.4 Å². The van der Waals surface area contributed by atoms with Crippen molar-refractivity contribution >= 4 is 17.7 Å². The van der Waals surface area contributed by atoms with Crippen LogP contribution in [0.15, 0.2) is 5.10 Å². The fraction of sp³-hybridized carbons (Fsp3) is 0.625. The standard InChI is InChI=1S/C8H13N3O3/c1-8(2)6(9)10-11(7(8)14)4-3-5(12)13/h3-4H2,1-2H3,(H2,9,10)(H,12,13). The average molecular weight is 199 g/mol. The number of carbonyl (C=O) groups excluding carboxylic acids is 1. The highest BCUT2D eigenvalue weighted by molar-refractivity contribution is 6.09. The fourth-order valence-corrected chi connectivity index (χ4v) is 1.09. The van der Waals surface area contributed by atoms with Crippen molar-refractivity contribution in [2.24, 2.45) is 16.3 Å². The lowest BCUT2D eigenvalue weighted by Crippen LogP contribution is -2.38. The van der Waals surface area contributed by atoms with E-state index in [0.29, 0.717) is 0 Å². The molecule has 6 heteroatoms. The van der Waals surface area contributed by atoms with Crippen molar-refractivity contribution in [3.05, 3.63) is 0 Å².